The number of rotatable bonds is 6. The van der Waals surface area contributed by atoms with Crippen molar-refractivity contribution in [3.8, 4) is 0 Å². The Kier molecular flexibility index (Phi) is 5.82. The second-order valence-electron chi connectivity index (χ2n) is 6.86. The third-order valence-corrected chi connectivity index (χ3v) is 6.19. The first-order chi connectivity index (χ1) is 12.8. The largest absolute Gasteiger partial charge is 0.399 e. The lowest BCUT2D eigenvalue weighted by Crippen LogP contribution is -2.48. The van der Waals surface area contributed by atoms with Crippen LogP contribution in [0.2, 0.25) is 0 Å². The molecule has 1 aliphatic heterocycles. The van der Waals surface area contributed by atoms with Crippen LogP contribution >= 0.6 is 0 Å². The third kappa shape index (κ3) is 5.08. The fourth-order valence-electron chi connectivity index (χ4n) is 3.22. The Balaban J connectivity index is 1.55. The molecule has 2 aromatic rings. The molecule has 0 unspecified atom stereocenters. The van der Waals surface area contributed by atoms with E-state index in [-0.39, 0.29) is 5.78 Å². The van der Waals surface area contributed by atoms with E-state index >= 15 is 0 Å². The molecule has 0 amide bonds. The van der Waals surface area contributed by atoms with Gasteiger partial charge >= 0.3 is 0 Å². The zero-order valence-corrected chi connectivity index (χ0v) is 16.3. The first kappa shape index (κ1) is 19.4. The number of hydrogen-bond acceptors (Lipinski definition) is 5. The van der Waals surface area contributed by atoms with E-state index in [1.165, 1.54) is 10.6 Å². The summed E-state index contributed by atoms with van der Waals surface area (Å²) in [6.45, 7) is 2.28. The summed E-state index contributed by atoms with van der Waals surface area (Å²) in [4.78, 5) is 14.6. The summed E-state index contributed by atoms with van der Waals surface area (Å²) in [6, 6.07) is 15.2. The number of piperazine rings is 1. The van der Waals surface area contributed by atoms with Crippen LogP contribution < -0.4 is 10.6 Å². The highest BCUT2D eigenvalue weighted by Gasteiger charge is 2.23. The average molecular weight is 388 g/mol. The molecule has 1 aliphatic rings. The molecule has 27 heavy (non-hydrogen) atoms. The first-order valence-electron chi connectivity index (χ1n) is 9.01. The maximum absolute atomic E-state index is 12.4. The highest BCUT2D eigenvalue weighted by atomic mass is 32.2. The van der Waals surface area contributed by atoms with Gasteiger partial charge in [-0.25, -0.2) is 8.42 Å². The predicted molar refractivity (Wildman–Crippen MR) is 109 cm³/mol. The van der Waals surface area contributed by atoms with Crippen molar-refractivity contribution in [2.75, 3.05) is 43.1 Å². The Bertz CT molecular complexity index is 885. The maximum atomic E-state index is 12.4. The van der Waals surface area contributed by atoms with Gasteiger partial charge in [0, 0.05) is 49.5 Å². The first-order valence-corrected chi connectivity index (χ1v) is 10.9. The number of nitrogens with zero attached hydrogens (tertiary/aromatic N) is 2. The van der Waals surface area contributed by atoms with Gasteiger partial charge in [0.2, 0.25) is 10.0 Å². The average Bonchev–Trinajstić information content (AvgIpc) is 2.67. The van der Waals surface area contributed by atoms with Crippen LogP contribution in [-0.4, -0.2) is 50.9 Å². The Morgan fingerprint density at radius 1 is 0.963 bits per heavy atom. The van der Waals surface area contributed by atoms with E-state index in [0.29, 0.717) is 44.6 Å². The molecule has 0 atom stereocenters. The van der Waals surface area contributed by atoms with Crippen LogP contribution in [0.5, 0.6) is 0 Å². The van der Waals surface area contributed by atoms with Gasteiger partial charge in [-0.1, -0.05) is 12.1 Å². The number of anilines is 2. The van der Waals surface area contributed by atoms with Crippen molar-refractivity contribution in [1.82, 2.24) is 4.31 Å². The Morgan fingerprint density at radius 3 is 2.11 bits per heavy atom. The van der Waals surface area contributed by atoms with Gasteiger partial charge in [-0.2, -0.15) is 4.31 Å². The van der Waals surface area contributed by atoms with Crippen LogP contribution in [0.3, 0.4) is 0 Å². The summed E-state index contributed by atoms with van der Waals surface area (Å²) in [6.07, 6.45) is 2.39. The molecule has 6 nitrogen and oxygen atoms in total. The fourth-order valence-corrected chi connectivity index (χ4v) is 4.05. The van der Waals surface area contributed by atoms with Crippen LogP contribution in [0.15, 0.2) is 48.5 Å². The van der Waals surface area contributed by atoms with Gasteiger partial charge in [-0.05, 0) is 48.4 Å². The van der Waals surface area contributed by atoms with Gasteiger partial charge in [0.25, 0.3) is 0 Å². The molecule has 144 valence electrons. The lowest BCUT2D eigenvalue weighted by Gasteiger charge is -2.34. The van der Waals surface area contributed by atoms with E-state index in [9.17, 15) is 13.2 Å². The van der Waals surface area contributed by atoms with E-state index in [1.807, 2.05) is 48.5 Å². The molecule has 1 saturated heterocycles. The molecule has 1 fully saturated rings. The highest BCUT2D eigenvalue weighted by molar-refractivity contribution is 7.88. The summed E-state index contributed by atoms with van der Waals surface area (Å²) < 4.78 is 24.7. The van der Waals surface area contributed by atoms with Crippen LogP contribution in [0, 0.1) is 0 Å². The minimum absolute atomic E-state index is 0.111. The molecular weight excluding hydrogens is 362 g/mol. The SMILES string of the molecule is CS(=O)(=O)N1CCN(c2ccc(C(=O)CCc3ccc(N)cc3)cc2)CC1. The Morgan fingerprint density at radius 2 is 1.56 bits per heavy atom. The summed E-state index contributed by atoms with van der Waals surface area (Å²) >= 11 is 0. The molecule has 0 saturated carbocycles. The maximum Gasteiger partial charge on any atom is 0.211 e. The standard InChI is InChI=1S/C20H25N3O3S/c1-27(25,26)23-14-12-22(13-15-23)19-9-5-17(6-10-19)20(24)11-4-16-2-7-18(21)8-3-16/h2-3,5-10H,4,11-15,21H2,1H3. The van der Waals surface area contributed by atoms with E-state index in [1.54, 1.807) is 0 Å². The number of ketones is 1. The summed E-state index contributed by atoms with van der Waals surface area (Å²) in [5, 5.41) is 0. The van der Waals surface area contributed by atoms with Crippen molar-refractivity contribution in [1.29, 1.82) is 0 Å². The second kappa shape index (κ2) is 8.10. The Labute approximate surface area is 160 Å². The van der Waals surface area contributed by atoms with E-state index in [0.717, 1.165) is 16.9 Å². The van der Waals surface area contributed by atoms with E-state index in [2.05, 4.69) is 4.90 Å². The number of nitrogen functional groups attached to an aromatic ring is 1. The van der Waals surface area contributed by atoms with E-state index in [4.69, 9.17) is 5.73 Å². The number of nitrogens with two attached hydrogens (primary N) is 1. The van der Waals surface area contributed by atoms with Crippen molar-refractivity contribution in [3.63, 3.8) is 0 Å². The van der Waals surface area contributed by atoms with E-state index < -0.39 is 10.0 Å². The molecule has 1 heterocycles. The van der Waals surface area contributed by atoms with Crippen LogP contribution in [0.4, 0.5) is 11.4 Å². The number of hydrogen-bond donors (Lipinski definition) is 1. The quantitative estimate of drug-likeness (QED) is 0.607. The Hall–Kier alpha value is -2.38. The molecule has 0 aromatic heterocycles. The smallest absolute Gasteiger partial charge is 0.211 e. The number of benzene rings is 2. The summed E-state index contributed by atoms with van der Waals surface area (Å²) in [7, 11) is -3.13. The molecule has 7 heteroatoms. The molecule has 0 spiro atoms. The van der Waals surface area contributed by atoms with Crippen molar-refractivity contribution in [3.05, 3.63) is 59.7 Å². The molecule has 0 bridgehead atoms. The normalized spacial score (nSPS) is 15.7. The van der Waals surface area contributed by atoms with Crippen molar-refractivity contribution in [2.24, 2.45) is 0 Å². The zero-order chi connectivity index (χ0) is 19.4. The van der Waals surface area contributed by atoms with Crippen LogP contribution in [0.25, 0.3) is 0 Å². The third-order valence-electron chi connectivity index (χ3n) is 4.88. The number of sulfonamides is 1. The zero-order valence-electron chi connectivity index (χ0n) is 15.5. The van der Waals surface area contributed by atoms with Gasteiger partial charge in [0.1, 0.15) is 0 Å². The lowest BCUT2D eigenvalue weighted by atomic mass is 10.0. The number of carbonyl (C=O) groups is 1. The monoisotopic (exact) mass is 387 g/mol. The topological polar surface area (TPSA) is 83.7 Å². The molecule has 2 N–H and O–H groups in total. The molecule has 3 rings (SSSR count). The number of Topliss-reactive ketones (excluding diaryl/α,β-unsaturated/α-hetero) is 1. The van der Waals surface area contributed by atoms with Gasteiger partial charge in [-0.3, -0.25) is 4.79 Å². The van der Waals surface area contributed by atoms with Gasteiger partial charge in [0.15, 0.2) is 5.78 Å². The summed E-state index contributed by atoms with van der Waals surface area (Å²) in [5.41, 5.74) is 9.20. The van der Waals surface area contributed by atoms with Gasteiger partial charge in [-0.15, -0.1) is 0 Å². The lowest BCUT2D eigenvalue weighted by molar-refractivity contribution is 0.0983. The highest BCUT2D eigenvalue weighted by Crippen LogP contribution is 2.19. The summed E-state index contributed by atoms with van der Waals surface area (Å²) in [5.74, 6) is 0.111. The fraction of sp³-hybridized carbons (Fsp3) is 0.350. The van der Waals surface area contributed by atoms with Crippen LogP contribution in [0.1, 0.15) is 22.3 Å². The molecule has 2 aromatic carbocycles. The van der Waals surface area contributed by atoms with Crippen molar-refractivity contribution in [2.45, 2.75) is 12.8 Å². The number of aryl methyl sites for hydroxylation is 1. The van der Waals surface area contributed by atoms with Crippen LogP contribution in [-0.2, 0) is 16.4 Å². The molecule has 0 aliphatic carbocycles. The predicted octanol–water partition coefficient (Wildman–Crippen LogP) is 2.17. The second-order valence-corrected chi connectivity index (χ2v) is 8.84. The molecule has 0 radical (unpaired) electrons. The molecular formula is C20H25N3O3S. The van der Waals surface area contributed by atoms with Gasteiger partial charge in [0.05, 0.1) is 6.26 Å². The van der Waals surface area contributed by atoms with Crippen molar-refractivity contribution >= 4 is 27.2 Å². The minimum atomic E-state index is -3.13. The van der Waals surface area contributed by atoms with Gasteiger partial charge < -0.3 is 10.6 Å². The van der Waals surface area contributed by atoms with Crippen molar-refractivity contribution < 1.29 is 13.2 Å². The number of carbonyl (C=O) groups excluding carboxylic acids is 1. The minimum Gasteiger partial charge on any atom is -0.399 e.